The molecule has 0 radical (unpaired) electrons. The van der Waals surface area contributed by atoms with Gasteiger partial charge in [-0.05, 0) is 53.4 Å². The van der Waals surface area contributed by atoms with Gasteiger partial charge in [0.2, 0.25) is 0 Å². The SMILES string of the molecule is COC(=O)CNC(C)CC1CCCCN1C(=O)OC(C)(C)C. The molecule has 0 spiro atoms. The Bertz CT molecular complexity index is 379. The number of nitrogens with zero attached hydrogens (tertiary/aromatic N) is 1. The van der Waals surface area contributed by atoms with E-state index in [1.807, 2.05) is 32.6 Å². The molecular weight excluding hydrogens is 284 g/mol. The molecule has 6 nitrogen and oxygen atoms in total. The molecule has 1 saturated heterocycles. The van der Waals surface area contributed by atoms with Crippen LogP contribution in [0, 0.1) is 0 Å². The minimum atomic E-state index is -0.478. The lowest BCUT2D eigenvalue weighted by molar-refractivity contribution is -0.139. The van der Waals surface area contributed by atoms with Gasteiger partial charge in [-0.1, -0.05) is 0 Å². The molecule has 2 atom stereocenters. The van der Waals surface area contributed by atoms with Crippen LogP contribution in [0.25, 0.3) is 0 Å². The number of carbonyl (C=O) groups excluding carboxylic acids is 2. The van der Waals surface area contributed by atoms with Crippen molar-refractivity contribution in [1.82, 2.24) is 10.2 Å². The van der Waals surface area contributed by atoms with Crippen LogP contribution in [-0.2, 0) is 14.3 Å². The average molecular weight is 314 g/mol. The molecule has 22 heavy (non-hydrogen) atoms. The van der Waals surface area contributed by atoms with Gasteiger partial charge in [0, 0.05) is 18.6 Å². The highest BCUT2D eigenvalue weighted by molar-refractivity contribution is 5.71. The van der Waals surface area contributed by atoms with Crippen LogP contribution in [0.3, 0.4) is 0 Å². The lowest BCUT2D eigenvalue weighted by atomic mass is 9.97. The monoisotopic (exact) mass is 314 g/mol. The van der Waals surface area contributed by atoms with E-state index in [0.29, 0.717) is 0 Å². The summed E-state index contributed by atoms with van der Waals surface area (Å²) < 4.78 is 10.1. The Kier molecular flexibility index (Phi) is 7.13. The lowest BCUT2D eigenvalue weighted by Gasteiger charge is -2.38. The predicted octanol–water partition coefficient (Wildman–Crippen LogP) is 2.32. The van der Waals surface area contributed by atoms with E-state index in [2.05, 4.69) is 10.1 Å². The minimum Gasteiger partial charge on any atom is -0.468 e. The van der Waals surface area contributed by atoms with Crippen molar-refractivity contribution in [2.75, 3.05) is 20.2 Å². The zero-order valence-electron chi connectivity index (χ0n) is 14.5. The Morgan fingerprint density at radius 3 is 2.59 bits per heavy atom. The first kappa shape index (κ1) is 18.7. The molecule has 2 unspecified atom stereocenters. The van der Waals surface area contributed by atoms with Crippen molar-refractivity contribution in [3.63, 3.8) is 0 Å². The Balaban J connectivity index is 2.54. The fourth-order valence-electron chi connectivity index (χ4n) is 2.63. The summed E-state index contributed by atoms with van der Waals surface area (Å²) in [5, 5.41) is 3.14. The Hall–Kier alpha value is -1.30. The Labute approximate surface area is 133 Å². The normalized spacial score (nSPS) is 20.4. The molecule has 0 aromatic heterocycles. The molecule has 1 aliphatic heterocycles. The average Bonchev–Trinajstić information content (AvgIpc) is 2.43. The molecule has 0 aromatic rings. The summed E-state index contributed by atoms with van der Waals surface area (Å²) >= 11 is 0. The number of amides is 1. The number of esters is 1. The van der Waals surface area contributed by atoms with Crippen molar-refractivity contribution in [1.29, 1.82) is 0 Å². The van der Waals surface area contributed by atoms with Gasteiger partial charge in [0.1, 0.15) is 5.60 Å². The molecule has 0 aliphatic carbocycles. The van der Waals surface area contributed by atoms with E-state index in [1.54, 1.807) is 0 Å². The van der Waals surface area contributed by atoms with Gasteiger partial charge in [-0.2, -0.15) is 0 Å². The van der Waals surface area contributed by atoms with Crippen LogP contribution in [0.4, 0.5) is 4.79 Å². The fourth-order valence-corrected chi connectivity index (χ4v) is 2.63. The number of rotatable bonds is 5. The van der Waals surface area contributed by atoms with Crippen molar-refractivity contribution in [2.24, 2.45) is 0 Å². The molecule has 0 bridgehead atoms. The molecule has 1 fully saturated rings. The minimum absolute atomic E-state index is 0.132. The molecule has 0 aromatic carbocycles. The zero-order valence-corrected chi connectivity index (χ0v) is 14.5. The standard InChI is InChI=1S/C16H30N2O4/c1-12(17-11-14(19)21-5)10-13-8-6-7-9-18(13)15(20)22-16(2,3)4/h12-13,17H,6-11H2,1-5H3. The smallest absolute Gasteiger partial charge is 0.410 e. The second-order valence-electron chi connectivity index (χ2n) is 6.92. The van der Waals surface area contributed by atoms with Crippen molar-refractivity contribution in [2.45, 2.75) is 71.1 Å². The third kappa shape index (κ3) is 6.64. The van der Waals surface area contributed by atoms with E-state index in [4.69, 9.17) is 4.74 Å². The number of likely N-dealkylation sites (tertiary alicyclic amines) is 1. The van der Waals surface area contributed by atoms with Crippen LogP contribution in [0.1, 0.15) is 53.4 Å². The maximum atomic E-state index is 12.3. The van der Waals surface area contributed by atoms with E-state index < -0.39 is 5.60 Å². The van der Waals surface area contributed by atoms with E-state index in [0.717, 1.165) is 32.2 Å². The summed E-state index contributed by atoms with van der Waals surface area (Å²) in [7, 11) is 1.38. The highest BCUT2D eigenvalue weighted by Gasteiger charge is 2.31. The summed E-state index contributed by atoms with van der Waals surface area (Å²) in [4.78, 5) is 25.3. The van der Waals surface area contributed by atoms with Gasteiger partial charge >= 0.3 is 12.1 Å². The van der Waals surface area contributed by atoms with Crippen LogP contribution in [0.5, 0.6) is 0 Å². The van der Waals surface area contributed by atoms with Crippen molar-refractivity contribution in [3.05, 3.63) is 0 Å². The highest BCUT2D eigenvalue weighted by atomic mass is 16.6. The van der Waals surface area contributed by atoms with Gasteiger partial charge in [0.15, 0.2) is 0 Å². The zero-order chi connectivity index (χ0) is 16.8. The van der Waals surface area contributed by atoms with Gasteiger partial charge < -0.3 is 19.7 Å². The first-order chi connectivity index (χ1) is 10.2. The largest absolute Gasteiger partial charge is 0.468 e. The van der Waals surface area contributed by atoms with E-state index in [9.17, 15) is 9.59 Å². The van der Waals surface area contributed by atoms with Gasteiger partial charge in [-0.15, -0.1) is 0 Å². The number of hydrogen-bond donors (Lipinski definition) is 1. The molecular formula is C16H30N2O4. The maximum Gasteiger partial charge on any atom is 0.410 e. The second kappa shape index (κ2) is 8.36. The Morgan fingerprint density at radius 1 is 1.32 bits per heavy atom. The molecule has 6 heteroatoms. The Morgan fingerprint density at radius 2 is 2.00 bits per heavy atom. The molecule has 128 valence electrons. The summed E-state index contributed by atoms with van der Waals surface area (Å²) in [6.45, 7) is 8.59. The van der Waals surface area contributed by atoms with Crippen LogP contribution < -0.4 is 5.32 Å². The van der Waals surface area contributed by atoms with Crippen LogP contribution in [0.15, 0.2) is 0 Å². The maximum absolute atomic E-state index is 12.3. The van der Waals surface area contributed by atoms with Crippen LogP contribution in [-0.4, -0.2) is 54.8 Å². The fraction of sp³-hybridized carbons (Fsp3) is 0.875. The van der Waals surface area contributed by atoms with Crippen LogP contribution in [0.2, 0.25) is 0 Å². The lowest BCUT2D eigenvalue weighted by Crippen LogP contribution is -2.48. The number of piperidine rings is 1. The molecule has 1 N–H and O–H groups in total. The molecule has 1 rings (SSSR count). The number of methoxy groups -OCH3 is 1. The van der Waals surface area contributed by atoms with Crippen molar-refractivity contribution >= 4 is 12.1 Å². The van der Waals surface area contributed by atoms with Crippen molar-refractivity contribution in [3.8, 4) is 0 Å². The summed E-state index contributed by atoms with van der Waals surface area (Å²) in [5.41, 5.74) is -0.478. The van der Waals surface area contributed by atoms with Gasteiger partial charge in [-0.25, -0.2) is 4.79 Å². The quantitative estimate of drug-likeness (QED) is 0.789. The second-order valence-corrected chi connectivity index (χ2v) is 6.92. The molecule has 0 saturated carbocycles. The third-order valence-electron chi connectivity index (χ3n) is 3.70. The first-order valence-electron chi connectivity index (χ1n) is 8.02. The summed E-state index contributed by atoms with van der Waals surface area (Å²) in [6.07, 6.45) is 3.67. The highest BCUT2D eigenvalue weighted by Crippen LogP contribution is 2.23. The van der Waals surface area contributed by atoms with E-state index in [1.165, 1.54) is 7.11 Å². The summed E-state index contributed by atoms with van der Waals surface area (Å²) in [6, 6.07) is 0.288. The number of carbonyl (C=O) groups is 2. The summed E-state index contributed by atoms with van der Waals surface area (Å²) in [5.74, 6) is -0.278. The topological polar surface area (TPSA) is 67.9 Å². The molecule has 1 aliphatic rings. The van der Waals surface area contributed by atoms with Gasteiger partial charge in [-0.3, -0.25) is 4.79 Å². The van der Waals surface area contributed by atoms with Crippen LogP contribution >= 0.6 is 0 Å². The van der Waals surface area contributed by atoms with Crippen molar-refractivity contribution < 1.29 is 19.1 Å². The van der Waals surface area contributed by atoms with E-state index in [-0.39, 0.29) is 30.7 Å². The number of nitrogens with one attached hydrogen (secondary N) is 1. The van der Waals surface area contributed by atoms with E-state index >= 15 is 0 Å². The predicted molar refractivity (Wildman–Crippen MR) is 84.7 cm³/mol. The van der Waals surface area contributed by atoms with Gasteiger partial charge in [0.05, 0.1) is 13.7 Å². The molecule has 1 heterocycles. The molecule has 1 amide bonds. The third-order valence-corrected chi connectivity index (χ3v) is 3.70. The first-order valence-corrected chi connectivity index (χ1v) is 8.02. The van der Waals surface area contributed by atoms with Gasteiger partial charge in [0.25, 0.3) is 0 Å². The number of ether oxygens (including phenoxy) is 2. The number of hydrogen-bond acceptors (Lipinski definition) is 5.